The first-order valence-electron chi connectivity index (χ1n) is 10.2. The normalized spacial score (nSPS) is 18.9. The molecule has 2 aromatic rings. The van der Waals surface area contributed by atoms with Gasteiger partial charge in [0.15, 0.2) is 5.96 Å². The van der Waals surface area contributed by atoms with E-state index in [-0.39, 0.29) is 42.5 Å². The molecule has 3 rings (SSSR count). The Kier molecular flexibility index (Phi) is 10.1. The molecule has 0 bridgehead atoms. The zero-order chi connectivity index (χ0) is 20.5. The fourth-order valence-electron chi connectivity index (χ4n) is 3.39. The highest BCUT2D eigenvalue weighted by molar-refractivity contribution is 14.0. The van der Waals surface area contributed by atoms with Crippen molar-refractivity contribution in [3.8, 4) is 0 Å². The number of hydrogen-bond acceptors (Lipinski definition) is 4. The lowest BCUT2D eigenvalue weighted by Crippen LogP contribution is -2.45. The quantitative estimate of drug-likeness (QED) is 0.252. The van der Waals surface area contributed by atoms with Crippen molar-refractivity contribution in [1.82, 2.24) is 20.4 Å². The number of rotatable bonds is 7. The molecule has 1 fully saturated rings. The van der Waals surface area contributed by atoms with Gasteiger partial charge in [0, 0.05) is 30.7 Å². The number of benzene rings is 1. The summed E-state index contributed by atoms with van der Waals surface area (Å²) < 4.78 is 1.59. The molecule has 1 heterocycles. The summed E-state index contributed by atoms with van der Waals surface area (Å²) in [6, 6.07) is 9.83. The first kappa shape index (κ1) is 24.1. The molecule has 164 valence electrons. The summed E-state index contributed by atoms with van der Waals surface area (Å²) in [5.41, 5.74) is 1.76. The van der Waals surface area contributed by atoms with Gasteiger partial charge >= 0.3 is 0 Å². The van der Waals surface area contributed by atoms with Crippen LogP contribution in [0.3, 0.4) is 0 Å². The van der Waals surface area contributed by atoms with Crippen LogP contribution in [0.2, 0.25) is 0 Å². The molecule has 1 aliphatic rings. The fourth-order valence-corrected chi connectivity index (χ4v) is 3.39. The van der Waals surface area contributed by atoms with Crippen LogP contribution in [0, 0.1) is 0 Å². The van der Waals surface area contributed by atoms with Crippen LogP contribution in [0.25, 0.3) is 0 Å². The minimum absolute atomic E-state index is 0. The Bertz CT molecular complexity index is 804. The minimum Gasteiger partial charge on any atom is -0.393 e. The van der Waals surface area contributed by atoms with E-state index in [4.69, 9.17) is 0 Å². The SMILES string of the molecule is CCNC(=NCc1cccc(NC(=O)Cn2cccn2)c1)NC1CCC(O)CC1.I. The summed E-state index contributed by atoms with van der Waals surface area (Å²) in [5, 5.41) is 23.4. The summed E-state index contributed by atoms with van der Waals surface area (Å²) in [6.45, 7) is 3.51. The van der Waals surface area contributed by atoms with E-state index >= 15 is 0 Å². The smallest absolute Gasteiger partial charge is 0.246 e. The monoisotopic (exact) mass is 526 g/mol. The molecular formula is C21H31IN6O2. The highest BCUT2D eigenvalue weighted by Crippen LogP contribution is 2.18. The molecule has 1 aromatic heterocycles. The number of nitrogens with one attached hydrogen (secondary N) is 3. The molecule has 1 aromatic carbocycles. The largest absolute Gasteiger partial charge is 0.393 e. The minimum atomic E-state index is -0.168. The van der Waals surface area contributed by atoms with Crippen molar-refractivity contribution in [1.29, 1.82) is 0 Å². The topological polar surface area (TPSA) is 104 Å². The third-order valence-electron chi connectivity index (χ3n) is 4.88. The Hall–Kier alpha value is -2.14. The zero-order valence-corrected chi connectivity index (χ0v) is 19.6. The van der Waals surface area contributed by atoms with Crippen LogP contribution in [0.1, 0.15) is 38.2 Å². The molecule has 8 nitrogen and oxygen atoms in total. The van der Waals surface area contributed by atoms with Crippen LogP contribution in [0.15, 0.2) is 47.7 Å². The number of guanidine groups is 1. The van der Waals surface area contributed by atoms with E-state index in [1.165, 1.54) is 0 Å². The number of amides is 1. The summed E-state index contributed by atoms with van der Waals surface area (Å²) >= 11 is 0. The number of hydrogen-bond donors (Lipinski definition) is 4. The maximum Gasteiger partial charge on any atom is 0.246 e. The average Bonchev–Trinajstić information content (AvgIpc) is 3.21. The number of aliphatic hydroxyl groups is 1. The van der Waals surface area contributed by atoms with Crippen molar-refractivity contribution in [2.45, 2.75) is 57.8 Å². The van der Waals surface area contributed by atoms with E-state index in [0.717, 1.165) is 49.4 Å². The highest BCUT2D eigenvalue weighted by Gasteiger charge is 2.19. The maximum absolute atomic E-state index is 12.1. The van der Waals surface area contributed by atoms with Crippen molar-refractivity contribution in [2.75, 3.05) is 11.9 Å². The van der Waals surface area contributed by atoms with Crippen molar-refractivity contribution >= 4 is 41.5 Å². The fraction of sp³-hybridized carbons (Fsp3) is 0.476. The molecule has 30 heavy (non-hydrogen) atoms. The first-order chi connectivity index (χ1) is 14.1. The number of aliphatic hydroxyl groups excluding tert-OH is 1. The Balaban J connectivity index is 0.00000320. The van der Waals surface area contributed by atoms with Gasteiger partial charge in [0.2, 0.25) is 5.91 Å². The van der Waals surface area contributed by atoms with Crippen LogP contribution >= 0.6 is 24.0 Å². The van der Waals surface area contributed by atoms with Crippen molar-refractivity contribution in [3.63, 3.8) is 0 Å². The number of aromatic nitrogens is 2. The predicted octanol–water partition coefficient (Wildman–Crippen LogP) is 2.50. The van der Waals surface area contributed by atoms with Gasteiger partial charge in [0.1, 0.15) is 6.54 Å². The molecule has 0 aliphatic heterocycles. The summed E-state index contributed by atoms with van der Waals surface area (Å²) in [7, 11) is 0. The van der Waals surface area contributed by atoms with Gasteiger partial charge in [-0.15, -0.1) is 24.0 Å². The molecule has 1 saturated carbocycles. The van der Waals surface area contributed by atoms with E-state index in [0.29, 0.717) is 12.6 Å². The first-order valence-corrected chi connectivity index (χ1v) is 10.2. The molecule has 1 aliphatic carbocycles. The Morgan fingerprint density at radius 2 is 2.07 bits per heavy atom. The standard InChI is InChI=1S/C21H30N6O2.HI/c1-2-22-21(26-17-7-9-19(28)10-8-17)23-14-16-5-3-6-18(13-16)25-20(29)15-27-12-4-11-24-27;/h3-6,11-13,17,19,28H,2,7-10,14-15H2,1H3,(H,25,29)(H2,22,23,26);1H. The van der Waals surface area contributed by atoms with Crippen LogP contribution in [0.4, 0.5) is 5.69 Å². The number of nitrogens with zero attached hydrogens (tertiary/aromatic N) is 3. The van der Waals surface area contributed by atoms with E-state index in [9.17, 15) is 9.90 Å². The summed E-state index contributed by atoms with van der Waals surface area (Å²) in [4.78, 5) is 16.8. The number of halogens is 1. The van der Waals surface area contributed by atoms with E-state index < -0.39 is 0 Å². The van der Waals surface area contributed by atoms with Crippen molar-refractivity contribution < 1.29 is 9.90 Å². The van der Waals surface area contributed by atoms with Gasteiger partial charge in [-0.1, -0.05) is 12.1 Å². The van der Waals surface area contributed by atoms with Crippen LogP contribution < -0.4 is 16.0 Å². The lowest BCUT2D eigenvalue weighted by atomic mass is 9.93. The lowest BCUT2D eigenvalue weighted by molar-refractivity contribution is -0.116. The molecule has 0 spiro atoms. The third kappa shape index (κ3) is 7.94. The van der Waals surface area contributed by atoms with Crippen LogP contribution in [0.5, 0.6) is 0 Å². The van der Waals surface area contributed by atoms with Gasteiger partial charge in [0.25, 0.3) is 0 Å². The second-order valence-electron chi connectivity index (χ2n) is 7.30. The summed E-state index contributed by atoms with van der Waals surface area (Å²) in [6.07, 6.45) is 6.80. The van der Waals surface area contributed by atoms with E-state index in [1.807, 2.05) is 31.2 Å². The molecule has 0 saturated heterocycles. The van der Waals surface area contributed by atoms with Crippen LogP contribution in [-0.4, -0.2) is 45.4 Å². The van der Waals surface area contributed by atoms with Crippen molar-refractivity contribution in [2.24, 2.45) is 4.99 Å². The van der Waals surface area contributed by atoms with Gasteiger partial charge in [-0.05, 0) is 56.4 Å². The second-order valence-corrected chi connectivity index (χ2v) is 7.30. The Morgan fingerprint density at radius 1 is 1.27 bits per heavy atom. The Morgan fingerprint density at radius 3 is 2.77 bits per heavy atom. The molecule has 1 amide bonds. The molecular weight excluding hydrogens is 495 g/mol. The maximum atomic E-state index is 12.1. The number of aliphatic imine (C=N–C) groups is 1. The molecule has 0 unspecified atom stereocenters. The summed E-state index contributed by atoms with van der Waals surface area (Å²) in [5.74, 6) is 0.658. The van der Waals surface area contributed by atoms with Crippen LogP contribution in [-0.2, 0) is 17.9 Å². The average molecular weight is 526 g/mol. The van der Waals surface area contributed by atoms with Gasteiger partial charge in [0.05, 0.1) is 12.6 Å². The third-order valence-corrected chi connectivity index (χ3v) is 4.88. The zero-order valence-electron chi connectivity index (χ0n) is 17.3. The van der Waals surface area contributed by atoms with Gasteiger partial charge < -0.3 is 21.1 Å². The number of carbonyl (C=O) groups excluding carboxylic acids is 1. The predicted molar refractivity (Wildman–Crippen MR) is 129 cm³/mol. The number of carbonyl (C=O) groups is 1. The van der Waals surface area contributed by atoms with Gasteiger partial charge in [-0.3, -0.25) is 9.48 Å². The highest BCUT2D eigenvalue weighted by atomic mass is 127. The molecule has 0 atom stereocenters. The molecule has 9 heteroatoms. The molecule has 4 N–H and O–H groups in total. The van der Waals surface area contributed by atoms with Crippen molar-refractivity contribution in [3.05, 3.63) is 48.3 Å². The van der Waals surface area contributed by atoms with Gasteiger partial charge in [-0.25, -0.2) is 4.99 Å². The second kappa shape index (κ2) is 12.5. The van der Waals surface area contributed by atoms with E-state index in [1.54, 1.807) is 23.1 Å². The number of anilines is 1. The van der Waals surface area contributed by atoms with Gasteiger partial charge in [-0.2, -0.15) is 5.10 Å². The van der Waals surface area contributed by atoms with E-state index in [2.05, 4.69) is 26.0 Å². The molecule has 0 radical (unpaired) electrons. The Labute approximate surface area is 194 Å². The lowest BCUT2D eigenvalue weighted by Gasteiger charge is -2.27.